The zero-order valence-corrected chi connectivity index (χ0v) is 11.9. The molecular weight excluding hydrogens is 282 g/mol. The van der Waals surface area contributed by atoms with E-state index in [1.165, 1.54) is 16.8 Å². The molecule has 110 valence electrons. The number of H-pyrrole nitrogens is 2. The Hall–Kier alpha value is -3.14. The van der Waals surface area contributed by atoms with E-state index < -0.39 is 0 Å². The van der Waals surface area contributed by atoms with E-state index in [2.05, 4.69) is 15.1 Å². The van der Waals surface area contributed by atoms with E-state index in [0.717, 1.165) is 5.56 Å². The van der Waals surface area contributed by atoms with E-state index in [4.69, 9.17) is 5.26 Å². The summed E-state index contributed by atoms with van der Waals surface area (Å²) in [4.78, 5) is 30.9. The van der Waals surface area contributed by atoms with Crippen LogP contribution in [0.3, 0.4) is 0 Å². The van der Waals surface area contributed by atoms with Gasteiger partial charge in [-0.15, -0.1) is 0 Å². The Kier molecular flexibility index (Phi) is 3.35. The summed E-state index contributed by atoms with van der Waals surface area (Å²) >= 11 is 0. The Morgan fingerprint density at radius 1 is 1.41 bits per heavy atom. The standard InChI is InChI=1S/C15H13N5O2/c1-2-11-12(5-9-3-4-17-13(21)6-9)19-14-10(7-16)8-18-20(14)15(11)22/h3-4,6,8,18H,2,5H2,1H3,(H,17,21). The molecule has 0 saturated carbocycles. The van der Waals surface area contributed by atoms with Crippen LogP contribution in [0.1, 0.15) is 29.3 Å². The van der Waals surface area contributed by atoms with Crippen molar-refractivity contribution in [3.63, 3.8) is 0 Å². The fraction of sp³-hybridized carbons (Fsp3) is 0.200. The molecule has 0 fully saturated rings. The molecule has 0 unspecified atom stereocenters. The molecule has 0 aliphatic carbocycles. The average molecular weight is 295 g/mol. The minimum atomic E-state index is -0.214. The highest BCUT2D eigenvalue weighted by molar-refractivity contribution is 5.54. The zero-order chi connectivity index (χ0) is 15.7. The number of nitrogens with zero attached hydrogens (tertiary/aromatic N) is 3. The van der Waals surface area contributed by atoms with Crippen LogP contribution in [-0.2, 0) is 12.8 Å². The van der Waals surface area contributed by atoms with Crippen molar-refractivity contribution in [2.75, 3.05) is 0 Å². The number of aromatic nitrogens is 4. The highest BCUT2D eigenvalue weighted by Crippen LogP contribution is 2.12. The Morgan fingerprint density at radius 2 is 2.23 bits per heavy atom. The third kappa shape index (κ3) is 2.20. The van der Waals surface area contributed by atoms with Gasteiger partial charge < -0.3 is 4.98 Å². The van der Waals surface area contributed by atoms with Gasteiger partial charge in [-0.2, -0.15) is 5.26 Å². The van der Waals surface area contributed by atoms with Gasteiger partial charge in [-0.3, -0.25) is 14.7 Å². The molecule has 0 bridgehead atoms. The van der Waals surface area contributed by atoms with Crippen molar-refractivity contribution in [3.05, 3.63) is 67.6 Å². The number of nitriles is 1. The quantitative estimate of drug-likeness (QED) is 0.743. The van der Waals surface area contributed by atoms with Crippen molar-refractivity contribution >= 4 is 5.65 Å². The smallest absolute Gasteiger partial charge is 0.276 e. The van der Waals surface area contributed by atoms with Gasteiger partial charge in [0.05, 0.1) is 5.69 Å². The lowest BCUT2D eigenvalue weighted by Gasteiger charge is -2.07. The summed E-state index contributed by atoms with van der Waals surface area (Å²) in [5.41, 5.74) is 2.14. The minimum absolute atomic E-state index is 0.201. The maximum atomic E-state index is 12.5. The first kappa shape index (κ1) is 13.8. The largest absolute Gasteiger partial charge is 0.329 e. The second-order valence-corrected chi connectivity index (χ2v) is 4.89. The fourth-order valence-corrected chi connectivity index (χ4v) is 2.47. The van der Waals surface area contributed by atoms with Crippen molar-refractivity contribution < 1.29 is 0 Å². The first-order valence-electron chi connectivity index (χ1n) is 6.83. The summed E-state index contributed by atoms with van der Waals surface area (Å²) in [6, 6.07) is 5.25. The van der Waals surface area contributed by atoms with E-state index in [9.17, 15) is 9.59 Å². The maximum Gasteiger partial charge on any atom is 0.276 e. The molecule has 0 aliphatic rings. The Balaban J connectivity index is 2.21. The third-order valence-electron chi connectivity index (χ3n) is 3.53. The molecule has 0 saturated heterocycles. The number of hydrogen-bond acceptors (Lipinski definition) is 4. The predicted molar refractivity (Wildman–Crippen MR) is 79.8 cm³/mol. The van der Waals surface area contributed by atoms with Crippen LogP contribution in [0.15, 0.2) is 34.1 Å². The molecule has 3 rings (SSSR count). The van der Waals surface area contributed by atoms with E-state index >= 15 is 0 Å². The Morgan fingerprint density at radius 3 is 2.91 bits per heavy atom. The third-order valence-corrected chi connectivity index (χ3v) is 3.53. The average Bonchev–Trinajstić information content (AvgIpc) is 2.91. The SMILES string of the molecule is CCc1c(Cc2cc[nH]c(=O)c2)nc2c(C#N)c[nH]n2c1=O. The minimum Gasteiger partial charge on any atom is -0.329 e. The predicted octanol–water partition coefficient (Wildman–Crippen LogP) is 0.736. The Bertz CT molecular complexity index is 1000. The fourth-order valence-electron chi connectivity index (χ4n) is 2.47. The Labute approximate surface area is 124 Å². The van der Waals surface area contributed by atoms with E-state index in [0.29, 0.717) is 35.3 Å². The summed E-state index contributed by atoms with van der Waals surface area (Å²) < 4.78 is 1.28. The summed E-state index contributed by atoms with van der Waals surface area (Å²) in [6.45, 7) is 1.88. The van der Waals surface area contributed by atoms with Crippen molar-refractivity contribution in [3.8, 4) is 6.07 Å². The summed E-state index contributed by atoms with van der Waals surface area (Å²) in [5.74, 6) is 0. The van der Waals surface area contributed by atoms with Crippen molar-refractivity contribution in [2.45, 2.75) is 19.8 Å². The van der Waals surface area contributed by atoms with Crippen LogP contribution >= 0.6 is 0 Å². The number of hydrogen-bond donors (Lipinski definition) is 2. The molecule has 0 atom stereocenters. The molecule has 3 aromatic heterocycles. The van der Waals surface area contributed by atoms with Crippen LogP contribution in [0.2, 0.25) is 0 Å². The molecule has 0 aromatic carbocycles. The van der Waals surface area contributed by atoms with Gasteiger partial charge in [-0.05, 0) is 18.1 Å². The van der Waals surface area contributed by atoms with E-state index in [1.807, 2.05) is 13.0 Å². The lowest BCUT2D eigenvalue weighted by molar-refractivity contribution is 0.840. The molecule has 0 aliphatic heterocycles. The zero-order valence-electron chi connectivity index (χ0n) is 11.9. The molecule has 0 radical (unpaired) electrons. The van der Waals surface area contributed by atoms with Gasteiger partial charge in [0.15, 0.2) is 5.65 Å². The van der Waals surface area contributed by atoms with Gasteiger partial charge in [0, 0.05) is 30.4 Å². The second kappa shape index (κ2) is 5.33. The molecule has 0 spiro atoms. The summed E-state index contributed by atoms with van der Waals surface area (Å²) in [7, 11) is 0. The summed E-state index contributed by atoms with van der Waals surface area (Å²) in [6.07, 6.45) is 3.91. The molecule has 3 heterocycles. The van der Waals surface area contributed by atoms with Crippen LogP contribution in [-0.4, -0.2) is 19.6 Å². The van der Waals surface area contributed by atoms with Gasteiger partial charge in [-0.25, -0.2) is 9.50 Å². The van der Waals surface area contributed by atoms with E-state index in [-0.39, 0.29) is 11.1 Å². The monoisotopic (exact) mass is 295 g/mol. The number of rotatable bonds is 3. The highest BCUT2D eigenvalue weighted by Gasteiger charge is 2.15. The molecule has 3 aromatic rings. The normalized spacial score (nSPS) is 10.7. The van der Waals surface area contributed by atoms with Crippen LogP contribution < -0.4 is 11.1 Å². The first-order chi connectivity index (χ1) is 10.6. The van der Waals surface area contributed by atoms with Crippen LogP contribution in [0.25, 0.3) is 5.65 Å². The van der Waals surface area contributed by atoms with Crippen LogP contribution in [0.4, 0.5) is 0 Å². The molecule has 7 nitrogen and oxygen atoms in total. The number of fused-ring (bicyclic) bond motifs is 1. The molecule has 22 heavy (non-hydrogen) atoms. The van der Waals surface area contributed by atoms with Crippen LogP contribution in [0.5, 0.6) is 0 Å². The lowest BCUT2D eigenvalue weighted by atomic mass is 10.1. The first-order valence-corrected chi connectivity index (χ1v) is 6.83. The number of nitrogens with one attached hydrogen (secondary N) is 2. The van der Waals surface area contributed by atoms with Gasteiger partial charge >= 0.3 is 0 Å². The molecule has 7 heteroatoms. The van der Waals surface area contributed by atoms with E-state index in [1.54, 1.807) is 12.3 Å². The number of pyridine rings is 1. The summed E-state index contributed by atoms with van der Waals surface area (Å²) in [5, 5.41) is 11.8. The van der Waals surface area contributed by atoms with Gasteiger partial charge in [-0.1, -0.05) is 6.92 Å². The van der Waals surface area contributed by atoms with Gasteiger partial charge in [0.25, 0.3) is 5.56 Å². The maximum absolute atomic E-state index is 12.5. The van der Waals surface area contributed by atoms with Gasteiger partial charge in [0.2, 0.25) is 5.56 Å². The second-order valence-electron chi connectivity index (χ2n) is 4.89. The molecular formula is C15H13N5O2. The van der Waals surface area contributed by atoms with Crippen molar-refractivity contribution in [1.82, 2.24) is 19.6 Å². The van der Waals surface area contributed by atoms with Crippen molar-refractivity contribution in [2.24, 2.45) is 0 Å². The molecule has 0 amide bonds. The molecule has 2 N–H and O–H groups in total. The van der Waals surface area contributed by atoms with Gasteiger partial charge in [0.1, 0.15) is 11.6 Å². The van der Waals surface area contributed by atoms with Crippen LogP contribution in [0, 0.1) is 11.3 Å². The van der Waals surface area contributed by atoms with Crippen molar-refractivity contribution in [1.29, 1.82) is 5.26 Å². The lowest BCUT2D eigenvalue weighted by Crippen LogP contribution is -2.23. The number of aromatic amines is 2. The topological polar surface area (TPSA) is 107 Å². The highest BCUT2D eigenvalue weighted by atomic mass is 16.1.